The second-order valence-electron chi connectivity index (χ2n) is 7.38. The summed E-state index contributed by atoms with van der Waals surface area (Å²) in [5, 5.41) is 3.00. The number of nitrogens with one attached hydrogen (secondary N) is 3. The van der Waals surface area contributed by atoms with E-state index in [2.05, 4.69) is 20.3 Å². The molecule has 0 aromatic carbocycles. The average molecular weight is 338 g/mol. The fourth-order valence-corrected chi connectivity index (χ4v) is 3.85. The zero-order valence-electron chi connectivity index (χ0n) is 14.0. The second kappa shape index (κ2) is 5.27. The molecule has 2 aromatic rings. The van der Waals surface area contributed by atoms with E-state index in [1.54, 1.807) is 18.5 Å². The lowest BCUT2D eigenvalue weighted by molar-refractivity contribution is -0.118. The maximum atomic E-state index is 12.7. The maximum absolute atomic E-state index is 12.7. The Balaban J connectivity index is 2.02. The number of carbonyl (C=O) groups is 1. The maximum Gasteiger partial charge on any atom is 0.327 e. The van der Waals surface area contributed by atoms with Gasteiger partial charge in [0.15, 0.2) is 5.78 Å². The second-order valence-corrected chi connectivity index (χ2v) is 7.38. The normalized spacial score (nSPS) is 21.4. The highest BCUT2D eigenvalue weighted by Gasteiger charge is 2.41. The van der Waals surface area contributed by atoms with E-state index in [1.807, 2.05) is 19.9 Å². The summed E-state index contributed by atoms with van der Waals surface area (Å²) in [4.78, 5) is 46.0. The predicted octanol–water partition coefficient (Wildman–Crippen LogP) is 1.66. The Hall–Kier alpha value is -2.96. The summed E-state index contributed by atoms with van der Waals surface area (Å²) in [7, 11) is 0. The molecule has 3 N–H and O–H groups in total. The summed E-state index contributed by atoms with van der Waals surface area (Å²) in [6.07, 6.45) is 4.45. The number of fused-ring (bicyclic) bond motifs is 1. The molecule has 1 aliphatic heterocycles. The van der Waals surface area contributed by atoms with Crippen molar-refractivity contribution in [3.63, 3.8) is 0 Å². The first-order chi connectivity index (χ1) is 11.9. The molecule has 4 rings (SSSR count). The van der Waals surface area contributed by atoms with Gasteiger partial charge >= 0.3 is 5.69 Å². The zero-order chi connectivity index (χ0) is 17.8. The van der Waals surface area contributed by atoms with E-state index in [-0.39, 0.29) is 17.0 Å². The van der Waals surface area contributed by atoms with Crippen LogP contribution in [0.5, 0.6) is 0 Å². The van der Waals surface area contributed by atoms with Crippen molar-refractivity contribution >= 4 is 11.6 Å². The molecule has 0 fully saturated rings. The number of allylic oxidation sites excluding steroid dienone is 2. The third-order valence-corrected chi connectivity index (χ3v) is 4.79. The van der Waals surface area contributed by atoms with Crippen LogP contribution in [0.1, 0.15) is 43.7 Å². The number of carbonyl (C=O) groups excluding carboxylic acids is 1. The van der Waals surface area contributed by atoms with Crippen LogP contribution in [-0.4, -0.2) is 20.7 Å². The van der Waals surface area contributed by atoms with Crippen LogP contribution in [0.4, 0.5) is 5.82 Å². The SMILES string of the molecule is CC1(C)CC(=O)C2=C(C1)[C@@H](c1cccnc1)c1c([nH]c(=O)[nH]c1=O)N2. The molecule has 2 aromatic heterocycles. The van der Waals surface area contributed by atoms with Gasteiger partial charge in [-0.15, -0.1) is 0 Å². The third kappa shape index (κ3) is 2.52. The van der Waals surface area contributed by atoms with Crippen LogP contribution in [0, 0.1) is 5.41 Å². The minimum absolute atomic E-state index is 0.00748. The van der Waals surface area contributed by atoms with Crippen molar-refractivity contribution in [3.05, 3.63) is 67.8 Å². The Kier molecular flexibility index (Phi) is 3.28. The number of pyridine rings is 1. The Bertz CT molecular complexity index is 1010. The number of rotatable bonds is 1. The molecule has 7 heteroatoms. The van der Waals surface area contributed by atoms with Gasteiger partial charge in [0.2, 0.25) is 0 Å². The minimum atomic E-state index is -0.603. The van der Waals surface area contributed by atoms with Crippen molar-refractivity contribution in [3.8, 4) is 0 Å². The molecule has 0 amide bonds. The van der Waals surface area contributed by atoms with Gasteiger partial charge in [-0.05, 0) is 29.0 Å². The first-order valence-corrected chi connectivity index (χ1v) is 8.15. The first-order valence-electron chi connectivity index (χ1n) is 8.15. The molecular formula is C18H18N4O3. The van der Waals surface area contributed by atoms with Crippen molar-refractivity contribution < 1.29 is 4.79 Å². The highest BCUT2D eigenvalue weighted by atomic mass is 16.2. The van der Waals surface area contributed by atoms with Crippen molar-refractivity contribution in [2.75, 3.05) is 5.32 Å². The van der Waals surface area contributed by atoms with Gasteiger partial charge in [0.05, 0.1) is 11.3 Å². The van der Waals surface area contributed by atoms with Crippen molar-refractivity contribution in [2.45, 2.75) is 32.6 Å². The average Bonchev–Trinajstić information content (AvgIpc) is 2.53. The minimum Gasteiger partial charge on any atom is -0.338 e. The summed E-state index contributed by atoms with van der Waals surface area (Å²) < 4.78 is 0. The largest absolute Gasteiger partial charge is 0.338 e. The molecular weight excluding hydrogens is 320 g/mol. The highest BCUT2D eigenvalue weighted by Crippen LogP contribution is 2.47. The fourth-order valence-electron chi connectivity index (χ4n) is 3.85. The van der Waals surface area contributed by atoms with Gasteiger partial charge in [-0.2, -0.15) is 0 Å². The van der Waals surface area contributed by atoms with E-state index < -0.39 is 17.2 Å². The fraction of sp³-hybridized carbons (Fsp3) is 0.333. The molecule has 0 saturated heterocycles. The molecule has 0 saturated carbocycles. The Labute approximate surface area is 143 Å². The van der Waals surface area contributed by atoms with E-state index in [0.717, 1.165) is 11.1 Å². The van der Waals surface area contributed by atoms with Crippen LogP contribution < -0.4 is 16.6 Å². The highest BCUT2D eigenvalue weighted by molar-refractivity contribution is 6.01. The van der Waals surface area contributed by atoms with Gasteiger partial charge in [0.1, 0.15) is 5.82 Å². The van der Waals surface area contributed by atoms with Crippen LogP contribution in [0.25, 0.3) is 0 Å². The van der Waals surface area contributed by atoms with Crippen molar-refractivity contribution in [1.29, 1.82) is 0 Å². The standard InChI is InChI=1S/C18H18N4O3/c1-18(2)6-10-12(9-4-3-5-19-8-9)13-15(20-14(10)11(23)7-18)21-17(25)22-16(13)24/h3-5,8,12H,6-7H2,1-2H3,(H3,20,21,22,24,25)/t12-/m1/s1. The molecule has 0 bridgehead atoms. The first kappa shape index (κ1) is 15.6. The zero-order valence-corrected chi connectivity index (χ0v) is 14.0. The number of anilines is 1. The van der Waals surface area contributed by atoms with E-state index in [4.69, 9.17) is 0 Å². The Morgan fingerprint density at radius 1 is 1.16 bits per heavy atom. The molecule has 25 heavy (non-hydrogen) atoms. The van der Waals surface area contributed by atoms with Gasteiger partial charge in [0.25, 0.3) is 5.56 Å². The molecule has 2 aliphatic rings. The van der Waals surface area contributed by atoms with E-state index in [0.29, 0.717) is 24.1 Å². The van der Waals surface area contributed by atoms with E-state index in [9.17, 15) is 14.4 Å². The van der Waals surface area contributed by atoms with Gasteiger partial charge < -0.3 is 5.32 Å². The number of aromatic nitrogens is 3. The molecule has 1 atom stereocenters. The summed E-state index contributed by atoms with van der Waals surface area (Å²) in [6.45, 7) is 4.09. The number of aromatic amines is 2. The smallest absolute Gasteiger partial charge is 0.327 e. The quantitative estimate of drug-likeness (QED) is 0.733. The van der Waals surface area contributed by atoms with Crippen LogP contribution in [0.15, 0.2) is 45.4 Å². The van der Waals surface area contributed by atoms with Gasteiger partial charge in [-0.1, -0.05) is 19.9 Å². The summed E-state index contributed by atoms with van der Waals surface area (Å²) in [6, 6.07) is 3.68. The lowest BCUT2D eigenvalue weighted by Crippen LogP contribution is -2.38. The lowest BCUT2D eigenvalue weighted by atomic mass is 9.68. The monoisotopic (exact) mass is 338 g/mol. The Morgan fingerprint density at radius 2 is 1.96 bits per heavy atom. The van der Waals surface area contributed by atoms with Crippen LogP contribution >= 0.6 is 0 Å². The number of Topliss-reactive ketones (excluding diaryl/α,β-unsaturated/α-hetero) is 1. The van der Waals surface area contributed by atoms with Crippen LogP contribution in [0.3, 0.4) is 0 Å². The molecule has 7 nitrogen and oxygen atoms in total. The van der Waals surface area contributed by atoms with Gasteiger partial charge in [-0.3, -0.25) is 24.5 Å². The molecule has 0 spiro atoms. The van der Waals surface area contributed by atoms with Gasteiger partial charge in [0, 0.05) is 24.7 Å². The molecule has 128 valence electrons. The third-order valence-electron chi connectivity index (χ3n) is 4.79. The number of hydrogen-bond donors (Lipinski definition) is 3. The summed E-state index contributed by atoms with van der Waals surface area (Å²) in [5.74, 6) is -0.134. The van der Waals surface area contributed by atoms with Gasteiger partial charge in [-0.25, -0.2) is 4.79 Å². The van der Waals surface area contributed by atoms with E-state index >= 15 is 0 Å². The molecule has 0 radical (unpaired) electrons. The summed E-state index contributed by atoms with van der Waals surface area (Å²) >= 11 is 0. The van der Waals surface area contributed by atoms with Crippen LogP contribution in [-0.2, 0) is 4.79 Å². The van der Waals surface area contributed by atoms with Crippen molar-refractivity contribution in [1.82, 2.24) is 15.0 Å². The number of nitrogens with zero attached hydrogens (tertiary/aromatic N) is 1. The lowest BCUT2D eigenvalue weighted by Gasteiger charge is -2.39. The Morgan fingerprint density at radius 3 is 2.68 bits per heavy atom. The topological polar surface area (TPSA) is 108 Å². The molecule has 0 unspecified atom stereocenters. The molecule has 1 aliphatic carbocycles. The molecule has 3 heterocycles. The van der Waals surface area contributed by atoms with E-state index in [1.165, 1.54) is 0 Å². The van der Waals surface area contributed by atoms with Crippen molar-refractivity contribution in [2.24, 2.45) is 5.41 Å². The number of ketones is 1. The predicted molar refractivity (Wildman–Crippen MR) is 92.4 cm³/mol. The number of hydrogen-bond acceptors (Lipinski definition) is 5. The summed E-state index contributed by atoms with van der Waals surface area (Å²) in [5.41, 5.74) is 1.35. The van der Waals surface area contributed by atoms with Crippen LogP contribution in [0.2, 0.25) is 0 Å². The number of H-pyrrole nitrogens is 2.